The molecular formula is C35H39N3O4S. The number of amides is 2. The van der Waals surface area contributed by atoms with E-state index in [-0.39, 0.29) is 29.8 Å². The fourth-order valence-electron chi connectivity index (χ4n) is 4.79. The highest BCUT2D eigenvalue weighted by Gasteiger charge is 2.34. The number of nitrogens with zero attached hydrogens (tertiary/aromatic N) is 2. The van der Waals surface area contributed by atoms with Crippen LogP contribution in [0.25, 0.3) is 0 Å². The summed E-state index contributed by atoms with van der Waals surface area (Å²) in [6.07, 6.45) is 0.271. The van der Waals surface area contributed by atoms with E-state index in [1.807, 2.05) is 82.3 Å². The molecule has 2 amide bonds. The maximum absolute atomic E-state index is 14.4. The van der Waals surface area contributed by atoms with Gasteiger partial charge in [-0.15, -0.1) is 0 Å². The highest BCUT2D eigenvalue weighted by atomic mass is 32.2. The summed E-state index contributed by atoms with van der Waals surface area (Å²) in [6, 6.07) is 31.4. The average molecular weight is 598 g/mol. The van der Waals surface area contributed by atoms with Crippen molar-refractivity contribution in [3.8, 4) is 0 Å². The van der Waals surface area contributed by atoms with Crippen LogP contribution in [0.1, 0.15) is 36.1 Å². The molecule has 0 saturated carbocycles. The zero-order chi connectivity index (χ0) is 31.0. The number of rotatable bonds is 12. The molecule has 224 valence electrons. The third-order valence-electron chi connectivity index (χ3n) is 7.11. The highest BCUT2D eigenvalue weighted by Crippen LogP contribution is 2.25. The number of carbonyl (C=O) groups is 2. The molecule has 0 heterocycles. The van der Waals surface area contributed by atoms with Gasteiger partial charge in [0.05, 0.1) is 10.6 Å². The second-order valence-electron chi connectivity index (χ2n) is 11.0. The first kappa shape index (κ1) is 31.5. The summed E-state index contributed by atoms with van der Waals surface area (Å²) in [7, 11) is -4.12. The van der Waals surface area contributed by atoms with Crippen molar-refractivity contribution in [1.29, 1.82) is 0 Å². The molecule has 4 aromatic rings. The number of anilines is 1. The van der Waals surface area contributed by atoms with Crippen molar-refractivity contribution in [3.63, 3.8) is 0 Å². The Morgan fingerprint density at radius 1 is 0.721 bits per heavy atom. The van der Waals surface area contributed by atoms with Crippen LogP contribution in [0.5, 0.6) is 0 Å². The van der Waals surface area contributed by atoms with Gasteiger partial charge in [-0.3, -0.25) is 13.9 Å². The molecule has 0 aliphatic carbocycles. The number of benzene rings is 4. The summed E-state index contributed by atoms with van der Waals surface area (Å²) >= 11 is 0. The van der Waals surface area contributed by atoms with Crippen LogP contribution in [0.15, 0.2) is 114 Å². The average Bonchev–Trinajstić information content (AvgIpc) is 2.99. The number of hydrogen-bond donors (Lipinski definition) is 1. The molecule has 4 aromatic carbocycles. The van der Waals surface area contributed by atoms with E-state index in [4.69, 9.17) is 0 Å². The molecule has 8 heteroatoms. The van der Waals surface area contributed by atoms with E-state index < -0.39 is 28.5 Å². The number of hydrogen-bond acceptors (Lipinski definition) is 4. The van der Waals surface area contributed by atoms with Crippen LogP contribution < -0.4 is 9.62 Å². The smallest absolute Gasteiger partial charge is 0.264 e. The van der Waals surface area contributed by atoms with Gasteiger partial charge in [-0.25, -0.2) is 8.42 Å². The topological polar surface area (TPSA) is 86.8 Å². The summed E-state index contributed by atoms with van der Waals surface area (Å²) < 4.78 is 29.2. The van der Waals surface area contributed by atoms with E-state index in [0.717, 1.165) is 26.6 Å². The van der Waals surface area contributed by atoms with Crippen LogP contribution >= 0.6 is 0 Å². The molecule has 0 saturated heterocycles. The van der Waals surface area contributed by atoms with Gasteiger partial charge in [0.1, 0.15) is 12.6 Å². The van der Waals surface area contributed by atoms with Crippen molar-refractivity contribution in [3.05, 3.63) is 131 Å². The quantitative estimate of drug-likeness (QED) is 0.228. The molecule has 0 spiro atoms. The molecule has 4 rings (SSSR count). The molecule has 1 N–H and O–H groups in total. The lowest BCUT2D eigenvalue weighted by atomic mass is 10.0. The second-order valence-corrected chi connectivity index (χ2v) is 12.9. The number of carbonyl (C=O) groups excluding carboxylic acids is 2. The van der Waals surface area contributed by atoms with E-state index in [1.165, 1.54) is 4.90 Å². The van der Waals surface area contributed by atoms with Crippen LogP contribution in [0.3, 0.4) is 0 Å². The van der Waals surface area contributed by atoms with E-state index in [2.05, 4.69) is 5.32 Å². The van der Waals surface area contributed by atoms with Crippen LogP contribution in [0.2, 0.25) is 0 Å². The zero-order valence-corrected chi connectivity index (χ0v) is 25.9. The van der Waals surface area contributed by atoms with Crippen molar-refractivity contribution in [2.45, 2.75) is 57.6 Å². The normalized spacial score (nSPS) is 12.0. The Bertz CT molecular complexity index is 1610. The lowest BCUT2D eigenvalue weighted by Gasteiger charge is -2.34. The maximum atomic E-state index is 14.4. The Morgan fingerprint density at radius 2 is 1.26 bits per heavy atom. The lowest BCUT2D eigenvalue weighted by Crippen LogP contribution is -2.54. The first-order valence-corrected chi connectivity index (χ1v) is 15.8. The number of aryl methyl sites for hydroxylation is 2. The zero-order valence-electron chi connectivity index (χ0n) is 25.1. The van der Waals surface area contributed by atoms with Crippen molar-refractivity contribution >= 4 is 27.5 Å². The predicted molar refractivity (Wildman–Crippen MR) is 171 cm³/mol. The first-order valence-electron chi connectivity index (χ1n) is 14.4. The Balaban J connectivity index is 1.78. The minimum absolute atomic E-state index is 0.0817. The van der Waals surface area contributed by atoms with Crippen molar-refractivity contribution in [1.82, 2.24) is 10.2 Å². The Kier molecular flexibility index (Phi) is 10.4. The largest absolute Gasteiger partial charge is 0.352 e. The molecule has 43 heavy (non-hydrogen) atoms. The monoisotopic (exact) mass is 597 g/mol. The van der Waals surface area contributed by atoms with E-state index >= 15 is 0 Å². The van der Waals surface area contributed by atoms with Crippen LogP contribution in [-0.4, -0.2) is 43.8 Å². The maximum Gasteiger partial charge on any atom is 0.264 e. The van der Waals surface area contributed by atoms with Gasteiger partial charge in [0.25, 0.3) is 10.0 Å². The number of para-hydroxylation sites is 1. The Labute approximate surface area is 255 Å². The molecule has 0 aliphatic rings. The molecule has 0 aliphatic heterocycles. The summed E-state index contributed by atoms with van der Waals surface area (Å²) in [5, 5.41) is 2.98. The summed E-state index contributed by atoms with van der Waals surface area (Å²) in [5.41, 5.74) is 4.07. The van der Waals surface area contributed by atoms with Crippen LogP contribution in [-0.2, 0) is 32.6 Å². The minimum Gasteiger partial charge on any atom is -0.352 e. The fraction of sp³-hybridized carbons (Fsp3) is 0.257. The summed E-state index contributed by atoms with van der Waals surface area (Å²) in [5.74, 6) is -0.785. The fourth-order valence-corrected chi connectivity index (χ4v) is 6.20. The van der Waals surface area contributed by atoms with Gasteiger partial charge in [0, 0.05) is 19.0 Å². The van der Waals surface area contributed by atoms with Gasteiger partial charge in [-0.1, -0.05) is 96.1 Å². The van der Waals surface area contributed by atoms with Crippen molar-refractivity contribution in [2.75, 3.05) is 10.8 Å². The van der Waals surface area contributed by atoms with Gasteiger partial charge in [-0.05, 0) is 63.1 Å². The standard InChI is InChI=1S/C35H39N3O4S/c1-26(2)36-35(40)33(23-29-11-7-5-8-12-29)37(24-30-19-15-27(3)16-20-30)34(39)25-38(31-13-9-6-10-14-31)43(41,42)32-21-17-28(4)18-22-32/h5-22,26,33H,23-25H2,1-4H3,(H,36,40). The minimum atomic E-state index is -4.12. The highest BCUT2D eigenvalue weighted by molar-refractivity contribution is 7.92. The van der Waals surface area contributed by atoms with Crippen molar-refractivity contribution in [2.24, 2.45) is 0 Å². The lowest BCUT2D eigenvalue weighted by molar-refractivity contribution is -0.140. The van der Waals surface area contributed by atoms with Crippen LogP contribution in [0, 0.1) is 13.8 Å². The molecule has 0 aromatic heterocycles. The van der Waals surface area contributed by atoms with Gasteiger partial charge < -0.3 is 10.2 Å². The molecular weight excluding hydrogens is 558 g/mol. The number of nitrogens with one attached hydrogen (secondary N) is 1. The SMILES string of the molecule is Cc1ccc(CN(C(=O)CN(c2ccccc2)S(=O)(=O)c2ccc(C)cc2)C(Cc2ccccc2)C(=O)NC(C)C)cc1. The summed E-state index contributed by atoms with van der Waals surface area (Å²) in [4.78, 5) is 29.7. The van der Waals surface area contributed by atoms with E-state index in [1.54, 1.807) is 54.6 Å². The van der Waals surface area contributed by atoms with E-state index in [9.17, 15) is 18.0 Å². The van der Waals surface area contributed by atoms with Gasteiger partial charge in [0.2, 0.25) is 11.8 Å². The Hall–Kier alpha value is -4.43. The molecule has 0 fully saturated rings. The second kappa shape index (κ2) is 14.2. The number of sulfonamides is 1. The van der Waals surface area contributed by atoms with Gasteiger partial charge >= 0.3 is 0 Å². The first-order chi connectivity index (χ1) is 20.5. The third-order valence-corrected chi connectivity index (χ3v) is 8.90. The van der Waals surface area contributed by atoms with Gasteiger partial charge in [0.15, 0.2) is 0 Å². The molecule has 0 radical (unpaired) electrons. The molecule has 1 unspecified atom stereocenters. The van der Waals surface area contributed by atoms with Crippen molar-refractivity contribution < 1.29 is 18.0 Å². The van der Waals surface area contributed by atoms with Crippen LogP contribution in [0.4, 0.5) is 5.69 Å². The molecule has 0 bridgehead atoms. The van der Waals surface area contributed by atoms with E-state index in [0.29, 0.717) is 5.69 Å². The molecule has 7 nitrogen and oxygen atoms in total. The third kappa shape index (κ3) is 8.32. The summed E-state index contributed by atoms with van der Waals surface area (Å²) in [6.45, 7) is 7.26. The Morgan fingerprint density at radius 3 is 1.81 bits per heavy atom. The molecule has 1 atom stereocenters. The predicted octanol–water partition coefficient (Wildman–Crippen LogP) is 5.66. The van der Waals surface area contributed by atoms with Gasteiger partial charge in [-0.2, -0.15) is 0 Å².